The third kappa shape index (κ3) is 22.4. The summed E-state index contributed by atoms with van der Waals surface area (Å²) in [6, 6.07) is 29.4. The molecular weight excluding hydrogens is 500 g/mol. The van der Waals surface area contributed by atoms with E-state index in [2.05, 4.69) is 41.5 Å². The maximum Gasteiger partial charge on any atom is 0.189 e. The van der Waals surface area contributed by atoms with E-state index in [1.807, 2.05) is 18.2 Å². The molecule has 6 heteroatoms. The number of phenols is 3. The van der Waals surface area contributed by atoms with Crippen molar-refractivity contribution in [2.24, 2.45) is 17.8 Å². The fraction of sp³-hybridized carbons (Fsp3) is 0.400. The SMILES string of the molecule is CC(C)C[Si](O)(CC(C)C)CC(C)C.Oc1ccccc1.Oc1ccccc1.Oc1ccccc1.[Ti]. The first kappa shape index (κ1) is 36.1. The van der Waals surface area contributed by atoms with Crippen LogP contribution in [0.4, 0.5) is 0 Å². The number of rotatable bonds is 6. The molecule has 0 saturated heterocycles. The Morgan fingerprint density at radius 3 is 0.778 bits per heavy atom. The van der Waals surface area contributed by atoms with Crippen LogP contribution in [0.3, 0.4) is 0 Å². The number of hydrogen-bond acceptors (Lipinski definition) is 4. The molecule has 3 aromatic rings. The Morgan fingerprint density at radius 2 is 0.667 bits per heavy atom. The Balaban J connectivity index is 0. The van der Waals surface area contributed by atoms with E-state index in [9.17, 15) is 4.80 Å². The molecule has 0 radical (unpaired) electrons. The molecule has 4 N–H and O–H groups in total. The van der Waals surface area contributed by atoms with Crippen molar-refractivity contribution in [3.8, 4) is 17.2 Å². The Bertz CT molecular complexity index is 744. The largest absolute Gasteiger partial charge is 0.508 e. The first-order chi connectivity index (χ1) is 16.4. The van der Waals surface area contributed by atoms with Crippen LogP contribution in [0.2, 0.25) is 18.1 Å². The fourth-order valence-corrected chi connectivity index (χ4v) is 8.87. The van der Waals surface area contributed by atoms with Gasteiger partial charge in [-0.3, -0.25) is 0 Å². The molecule has 0 aliphatic carbocycles. The summed E-state index contributed by atoms with van der Waals surface area (Å²) < 4.78 is 0. The van der Waals surface area contributed by atoms with Gasteiger partial charge in [-0.25, -0.2) is 0 Å². The number of hydrogen-bond donors (Lipinski definition) is 4. The van der Waals surface area contributed by atoms with Gasteiger partial charge in [0.25, 0.3) is 0 Å². The van der Waals surface area contributed by atoms with Gasteiger partial charge >= 0.3 is 0 Å². The van der Waals surface area contributed by atoms with E-state index in [4.69, 9.17) is 15.3 Å². The molecule has 0 fully saturated rings. The second-order valence-corrected chi connectivity index (χ2v) is 13.7. The predicted octanol–water partition coefficient (Wildman–Crippen LogP) is 8.07. The molecule has 0 aromatic heterocycles. The summed E-state index contributed by atoms with van der Waals surface area (Å²) in [6.45, 7) is 13.3. The van der Waals surface area contributed by atoms with Gasteiger partial charge in [0.15, 0.2) is 8.32 Å². The van der Waals surface area contributed by atoms with E-state index in [1.165, 1.54) is 0 Å². The van der Waals surface area contributed by atoms with Crippen LogP contribution in [-0.4, -0.2) is 28.4 Å². The van der Waals surface area contributed by atoms with Crippen LogP contribution >= 0.6 is 0 Å². The maximum atomic E-state index is 10.7. The summed E-state index contributed by atoms with van der Waals surface area (Å²) in [5, 5.41) is 25.9. The molecule has 4 nitrogen and oxygen atoms in total. The molecule has 0 aliphatic rings. The Kier molecular flexibility index (Phi) is 21.1. The Labute approximate surface area is 235 Å². The Hall–Kier alpha value is -2.05. The van der Waals surface area contributed by atoms with Gasteiger partial charge in [-0.1, -0.05) is 96.1 Å². The third-order valence-corrected chi connectivity index (χ3v) is 9.36. The van der Waals surface area contributed by atoms with Crippen LogP contribution in [0.1, 0.15) is 41.5 Å². The molecular formula is C30H46O4SiTi. The number of phenolic OH excluding ortho intramolecular Hbond substituents is 3. The van der Waals surface area contributed by atoms with Crippen molar-refractivity contribution in [3.05, 3.63) is 91.0 Å². The van der Waals surface area contributed by atoms with Crippen LogP contribution in [-0.2, 0) is 21.7 Å². The molecule has 198 valence electrons. The quantitative estimate of drug-likeness (QED) is 0.236. The van der Waals surface area contributed by atoms with Gasteiger partial charge in [-0.05, 0) is 72.3 Å². The van der Waals surface area contributed by atoms with E-state index in [0.29, 0.717) is 35.0 Å². The topological polar surface area (TPSA) is 80.9 Å². The molecule has 3 rings (SSSR count). The van der Waals surface area contributed by atoms with E-state index < -0.39 is 8.32 Å². The van der Waals surface area contributed by atoms with Gasteiger partial charge < -0.3 is 20.1 Å². The van der Waals surface area contributed by atoms with Crippen LogP contribution in [0.25, 0.3) is 0 Å². The van der Waals surface area contributed by atoms with Gasteiger partial charge in [-0.2, -0.15) is 0 Å². The molecule has 0 amide bonds. The smallest absolute Gasteiger partial charge is 0.189 e. The number of aromatic hydroxyl groups is 3. The number of benzene rings is 3. The Morgan fingerprint density at radius 1 is 0.472 bits per heavy atom. The van der Waals surface area contributed by atoms with E-state index in [-0.39, 0.29) is 21.7 Å². The monoisotopic (exact) mass is 546 g/mol. The molecule has 3 aromatic carbocycles. The van der Waals surface area contributed by atoms with Gasteiger partial charge in [-0.15, -0.1) is 0 Å². The van der Waals surface area contributed by atoms with Crippen LogP contribution in [0.15, 0.2) is 91.0 Å². The minimum Gasteiger partial charge on any atom is -0.508 e. The molecule has 0 unspecified atom stereocenters. The van der Waals surface area contributed by atoms with Gasteiger partial charge in [0.2, 0.25) is 0 Å². The van der Waals surface area contributed by atoms with Gasteiger partial charge in [0.05, 0.1) is 0 Å². The standard InChI is InChI=1S/C12H28OSi.3C6H6O.Ti/c1-10(2)7-14(13,8-11(3)4)9-12(5)6;3*7-6-4-2-1-3-5-6;/h10-13H,7-9H2,1-6H3;3*1-5,7H;. The summed E-state index contributed by atoms with van der Waals surface area (Å²) >= 11 is 0. The van der Waals surface area contributed by atoms with E-state index >= 15 is 0 Å². The minimum atomic E-state index is -1.94. The van der Waals surface area contributed by atoms with Crippen LogP contribution in [0, 0.1) is 17.8 Å². The molecule has 0 aliphatic heterocycles. The summed E-state index contributed by atoms with van der Waals surface area (Å²) in [6.07, 6.45) is 0. The fourth-order valence-electron chi connectivity index (χ4n) is 3.81. The van der Waals surface area contributed by atoms with Crippen molar-refractivity contribution in [1.82, 2.24) is 0 Å². The van der Waals surface area contributed by atoms with E-state index in [0.717, 1.165) is 18.1 Å². The normalized spacial score (nSPS) is 10.2. The summed E-state index contributed by atoms with van der Waals surface area (Å²) in [4.78, 5) is 10.7. The van der Waals surface area contributed by atoms with Crippen molar-refractivity contribution in [2.45, 2.75) is 59.7 Å². The molecule has 0 saturated carbocycles. The zero-order chi connectivity index (χ0) is 26.7. The van der Waals surface area contributed by atoms with Crippen molar-refractivity contribution >= 4 is 8.32 Å². The van der Waals surface area contributed by atoms with Crippen molar-refractivity contribution in [1.29, 1.82) is 0 Å². The van der Waals surface area contributed by atoms with Crippen LogP contribution < -0.4 is 0 Å². The van der Waals surface area contributed by atoms with Crippen LogP contribution in [0.5, 0.6) is 17.2 Å². The van der Waals surface area contributed by atoms with Crippen molar-refractivity contribution in [3.63, 3.8) is 0 Å². The average molecular weight is 547 g/mol. The van der Waals surface area contributed by atoms with E-state index in [1.54, 1.807) is 72.8 Å². The summed E-state index contributed by atoms with van der Waals surface area (Å²) in [7, 11) is -1.94. The first-order valence-electron chi connectivity index (χ1n) is 12.4. The second kappa shape index (κ2) is 21.1. The number of para-hydroxylation sites is 3. The zero-order valence-corrected chi connectivity index (χ0v) is 25.4. The third-order valence-electron chi connectivity index (χ3n) is 4.63. The second-order valence-electron chi connectivity index (χ2n) is 10.0. The summed E-state index contributed by atoms with van der Waals surface area (Å²) in [5.74, 6) is 2.89. The van der Waals surface area contributed by atoms with Crippen molar-refractivity contribution < 1.29 is 41.8 Å². The maximum absolute atomic E-state index is 10.7. The zero-order valence-electron chi connectivity index (χ0n) is 22.8. The minimum absolute atomic E-state index is 0. The average Bonchev–Trinajstić information content (AvgIpc) is 2.75. The van der Waals surface area contributed by atoms with Gasteiger partial charge in [0, 0.05) is 21.7 Å². The molecule has 0 atom stereocenters. The molecule has 36 heavy (non-hydrogen) atoms. The summed E-state index contributed by atoms with van der Waals surface area (Å²) in [5.41, 5.74) is 0. The van der Waals surface area contributed by atoms with Crippen molar-refractivity contribution in [2.75, 3.05) is 0 Å². The van der Waals surface area contributed by atoms with Gasteiger partial charge in [0.1, 0.15) is 17.2 Å². The first-order valence-corrected chi connectivity index (χ1v) is 14.9. The molecule has 0 spiro atoms. The molecule has 0 bridgehead atoms. The molecule has 0 heterocycles. The predicted molar refractivity (Wildman–Crippen MR) is 151 cm³/mol.